The Hall–Kier alpha value is -3.40. The molecule has 1 aliphatic heterocycles. The third-order valence-electron chi connectivity index (χ3n) is 4.91. The predicted octanol–water partition coefficient (Wildman–Crippen LogP) is 4.49. The molecule has 2 heterocycles. The summed E-state index contributed by atoms with van der Waals surface area (Å²) in [7, 11) is 0. The number of rotatable bonds is 7. The number of ether oxygens (including phenoxy) is 2. The molecule has 1 aromatic heterocycles. The molecule has 32 heavy (non-hydrogen) atoms. The molecule has 2 N–H and O–H groups in total. The van der Waals surface area contributed by atoms with Gasteiger partial charge in [-0.05, 0) is 50.2 Å². The highest BCUT2D eigenvalue weighted by atomic mass is 19.2. The Kier molecular flexibility index (Phi) is 6.69. The average Bonchev–Trinajstić information content (AvgIpc) is 2.81. The maximum Gasteiger partial charge on any atom is 0.227 e. The average molecular weight is 448 g/mol. The van der Waals surface area contributed by atoms with Crippen LogP contribution in [0.2, 0.25) is 0 Å². The Balaban J connectivity index is 1.33. The highest BCUT2D eigenvalue weighted by Crippen LogP contribution is 2.23. The van der Waals surface area contributed by atoms with Crippen LogP contribution in [0, 0.1) is 23.3 Å². The molecule has 0 radical (unpaired) electrons. The second-order valence-electron chi connectivity index (χ2n) is 7.19. The van der Waals surface area contributed by atoms with Crippen LogP contribution in [0.25, 0.3) is 0 Å². The van der Waals surface area contributed by atoms with E-state index in [1.807, 2.05) is 24.3 Å². The number of piperidine rings is 1. The molecule has 0 bridgehead atoms. The molecule has 168 valence electrons. The van der Waals surface area contributed by atoms with Gasteiger partial charge >= 0.3 is 0 Å². The SMILES string of the molecule is Fc1cc(F)c(F)c(COc2cnc(Nc3ccc(OC4CCNCC4)cc3)nc2)c1F. The number of anilines is 2. The Labute approximate surface area is 181 Å². The predicted molar refractivity (Wildman–Crippen MR) is 109 cm³/mol. The molecule has 0 spiro atoms. The van der Waals surface area contributed by atoms with Crippen molar-refractivity contribution in [3.05, 3.63) is 71.6 Å². The van der Waals surface area contributed by atoms with Crippen molar-refractivity contribution >= 4 is 11.6 Å². The minimum absolute atomic E-state index is 0.0738. The summed E-state index contributed by atoms with van der Waals surface area (Å²) in [5.41, 5.74) is -0.118. The van der Waals surface area contributed by atoms with Crippen LogP contribution in [0.15, 0.2) is 42.7 Å². The Morgan fingerprint density at radius 2 is 1.53 bits per heavy atom. The van der Waals surface area contributed by atoms with Crippen LogP contribution in [0.4, 0.5) is 29.2 Å². The van der Waals surface area contributed by atoms with Crippen molar-refractivity contribution in [3.63, 3.8) is 0 Å². The lowest BCUT2D eigenvalue weighted by Crippen LogP contribution is -2.34. The Morgan fingerprint density at radius 1 is 0.906 bits per heavy atom. The van der Waals surface area contributed by atoms with Crippen LogP contribution >= 0.6 is 0 Å². The Morgan fingerprint density at radius 3 is 2.16 bits per heavy atom. The second kappa shape index (κ2) is 9.82. The van der Waals surface area contributed by atoms with Gasteiger partial charge in [-0.15, -0.1) is 0 Å². The summed E-state index contributed by atoms with van der Waals surface area (Å²) in [6.45, 7) is 1.18. The monoisotopic (exact) mass is 448 g/mol. The van der Waals surface area contributed by atoms with E-state index in [0.717, 1.165) is 37.4 Å². The minimum atomic E-state index is -1.50. The van der Waals surface area contributed by atoms with Gasteiger partial charge in [0.25, 0.3) is 0 Å². The smallest absolute Gasteiger partial charge is 0.227 e. The van der Waals surface area contributed by atoms with E-state index in [4.69, 9.17) is 9.47 Å². The van der Waals surface area contributed by atoms with Crippen LogP contribution < -0.4 is 20.1 Å². The molecule has 0 atom stereocenters. The molecule has 0 aliphatic carbocycles. The van der Waals surface area contributed by atoms with Gasteiger partial charge < -0.3 is 20.1 Å². The molecule has 1 saturated heterocycles. The maximum atomic E-state index is 13.7. The quantitative estimate of drug-likeness (QED) is 0.410. The third kappa shape index (κ3) is 5.25. The summed E-state index contributed by atoms with van der Waals surface area (Å²) in [4.78, 5) is 8.12. The van der Waals surface area contributed by atoms with E-state index in [1.165, 1.54) is 12.4 Å². The molecule has 3 aromatic rings. The molecule has 2 aromatic carbocycles. The molecule has 4 rings (SSSR count). The summed E-state index contributed by atoms with van der Waals surface area (Å²) in [5.74, 6) is -4.88. The van der Waals surface area contributed by atoms with Gasteiger partial charge in [-0.3, -0.25) is 0 Å². The van der Waals surface area contributed by atoms with E-state index >= 15 is 0 Å². The van der Waals surface area contributed by atoms with E-state index in [1.54, 1.807) is 0 Å². The zero-order valence-electron chi connectivity index (χ0n) is 16.9. The standard InChI is InChI=1S/C22H20F4N4O2/c23-18-9-19(24)21(26)17(20(18)25)12-31-16-10-28-22(29-11-16)30-13-1-3-14(4-2-13)32-15-5-7-27-8-6-15/h1-4,9-11,15,27H,5-8,12H2,(H,28,29,30). The molecular weight excluding hydrogens is 428 g/mol. The van der Waals surface area contributed by atoms with Crippen molar-refractivity contribution in [2.75, 3.05) is 18.4 Å². The highest BCUT2D eigenvalue weighted by Gasteiger charge is 2.19. The first-order chi connectivity index (χ1) is 15.5. The minimum Gasteiger partial charge on any atom is -0.490 e. The summed E-state index contributed by atoms with van der Waals surface area (Å²) in [6, 6.07) is 7.50. The number of nitrogens with one attached hydrogen (secondary N) is 2. The molecule has 10 heteroatoms. The summed E-state index contributed by atoms with van der Waals surface area (Å²) < 4.78 is 65.1. The van der Waals surface area contributed by atoms with Crippen molar-refractivity contribution in [3.8, 4) is 11.5 Å². The van der Waals surface area contributed by atoms with Gasteiger partial charge in [-0.1, -0.05) is 0 Å². The number of halogens is 4. The first-order valence-corrected chi connectivity index (χ1v) is 10.0. The van der Waals surface area contributed by atoms with Crippen molar-refractivity contribution in [1.29, 1.82) is 0 Å². The lowest BCUT2D eigenvalue weighted by atomic mass is 10.1. The van der Waals surface area contributed by atoms with Gasteiger partial charge in [0.05, 0.1) is 18.0 Å². The van der Waals surface area contributed by atoms with Gasteiger partial charge in [0.2, 0.25) is 5.95 Å². The van der Waals surface area contributed by atoms with E-state index < -0.39 is 35.4 Å². The first-order valence-electron chi connectivity index (χ1n) is 10.0. The van der Waals surface area contributed by atoms with Crippen LogP contribution in [0.1, 0.15) is 18.4 Å². The van der Waals surface area contributed by atoms with Gasteiger partial charge in [-0.25, -0.2) is 27.5 Å². The van der Waals surface area contributed by atoms with Crippen molar-refractivity contribution in [2.45, 2.75) is 25.6 Å². The van der Waals surface area contributed by atoms with Crippen LogP contribution in [-0.4, -0.2) is 29.2 Å². The van der Waals surface area contributed by atoms with E-state index in [-0.39, 0.29) is 23.9 Å². The fourth-order valence-corrected chi connectivity index (χ4v) is 3.21. The molecule has 1 fully saturated rings. The number of hydrogen-bond donors (Lipinski definition) is 2. The van der Waals surface area contributed by atoms with Crippen LogP contribution in [-0.2, 0) is 6.61 Å². The van der Waals surface area contributed by atoms with E-state index in [0.29, 0.717) is 0 Å². The van der Waals surface area contributed by atoms with Gasteiger partial charge in [-0.2, -0.15) is 0 Å². The maximum absolute atomic E-state index is 13.7. The van der Waals surface area contributed by atoms with Crippen molar-refractivity contribution in [1.82, 2.24) is 15.3 Å². The molecule has 0 amide bonds. The van der Waals surface area contributed by atoms with Gasteiger partial charge in [0.1, 0.15) is 18.5 Å². The van der Waals surface area contributed by atoms with Crippen LogP contribution in [0.5, 0.6) is 11.5 Å². The lowest BCUT2D eigenvalue weighted by molar-refractivity contribution is 0.162. The molecule has 0 saturated carbocycles. The van der Waals surface area contributed by atoms with Gasteiger partial charge in [0.15, 0.2) is 29.0 Å². The second-order valence-corrected chi connectivity index (χ2v) is 7.19. The summed E-state index contributed by atoms with van der Waals surface area (Å²) in [6.07, 6.45) is 4.69. The fraction of sp³-hybridized carbons (Fsp3) is 0.273. The molecule has 1 aliphatic rings. The normalized spacial score (nSPS) is 14.2. The topological polar surface area (TPSA) is 68.3 Å². The van der Waals surface area contributed by atoms with Crippen LogP contribution in [0.3, 0.4) is 0 Å². The number of hydrogen-bond acceptors (Lipinski definition) is 6. The molecule has 6 nitrogen and oxygen atoms in total. The van der Waals surface area contributed by atoms with E-state index in [2.05, 4.69) is 20.6 Å². The van der Waals surface area contributed by atoms with E-state index in [9.17, 15) is 17.6 Å². The molecule has 0 unspecified atom stereocenters. The summed E-state index contributed by atoms with van der Waals surface area (Å²) in [5, 5.41) is 6.30. The zero-order chi connectivity index (χ0) is 22.5. The third-order valence-corrected chi connectivity index (χ3v) is 4.91. The number of nitrogens with zero attached hydrogens (tertiary/aromatic N) is 2. The Bertz CT molecular complexity index is 1030. The summed E-state index contributed by atoms with van der Waals surface area (Å²) >= 11 is 0. The first kappa shape index (κ1) is 21.8. The highest BCUT2D eigenvalue weighted by molar-refractivity contribution is 5.54. The number of aromatic nitrogens is 2. The van der Waals surface area contributed by atoms with Crippen molar-refractivity contribution < 1.29 is 27.0 Å². The lowest BCUT2D eigenvalue weighted by Gasteiger charge is -2.23. The fourth-order valence-electron chi connectivity index (χ4n) is 3.21. The van der Waals surface area contributed by atoms with Gasteiger partial charge in [0, 0.05) is 11.8 Å². The molecular formula is C22H20F4N4O2. The number of benzene rings is 2. The van der Waals surface area contributed by atoms with Crippen molar-refractivity contribution in [2.24, 2.45) is 0 Å². The largest absolute Gasteiger partial charge is 0.490 e. The zero-order valence-corrected chi connectivity index (χ0v) is 16.9.